The number of carbonyl (C=O) groups is 1. The van der Waals surface area contributed by atoms with Crippen LogP contribution >= 0.6 is 0 Å². The van der Waals surface area contributed by atoms with Gasteiger partial charge in [0.15, 0.2) is 5.78 Å². The molecule has 0 atom stereocenters. The summed E-state index contributed by atoms with van der Waals surface area (Å²) in [7, 11) is 0. The van der Waals surface area contributed by atoms with Crippen molar-refractivity contribution in [3.8, 4) is 11.3 Å². The fourth-order valence-electron chi connectivity index (χ4n) is 3.27. The summed E-state index contributed by atoms with van der Waals surface area (Å²) in [6.45, 7) is 7.11. The van der Waals surface area contributed by atoms with Crippen LogP contribution in [0.1, 0.15) is 25.0 Å². The summed E-state index contributed by atoms with van der Waals surface area (Å²) in [6, 6.07) is 24.4. The van der Waals surface area contributed by atoms with Gasteiger partial charge in [-0.2, -0.15) is 0 Å². The predicted molar refractivity (Wildman–Crippen MR) is 120 cm³/mol. The Kier molecular flexibility index (Phi) is 8.05. The monoisotopic (exact) mass is 575 g/mol. The van der Waals surface area contributed by atoms with Gasteiger partial charge in [0, 0.05) is 31.6 Å². The summed E-state index contributed by atoms with van der Waals surface area (Å²) in [5.41, 5.74) is 5.59. The van der Waals surface area contributed by atoms with Gasteiger partial charge in [0.05, 0.1) is 11.3 Å². The minimum absolute atomic E-state index is 0. The molecule has 0 aliphatic rings. The molecule has 0 aliphatic carbocycles. The van der Waals surface area contributed by atoms with Gasteiger partial charge in [-0.05, 0) is 44.5 Å². The second-order valence-electron chi connectivity index (χ2n) is 7.17. The predicted octanol–water partition coefficient (Wildman–Crippen LogP) is 6.51. The number of benzene rings is 3. The van der Waals surface area contributed by atoms with Gasteiger partial charge in [0.2, 0.25) is 0 Å². The summed E-state index contributed by atoms with van der Waals surface area (Å²) in [6.07, 6.45) is 1.17. The molecular formula is C26H24IrNO2-. The van der Waals surface area contributed by atoms with Gasteiger partial charge in [-0.25, -0.2) is 0 Å². The van der Waals surface area contributed by atoms with Crippen LogP contribution < -0.4 is 0 Å². The molecule has 1 heterocycles. The third-order valence-electron chi connectivity index (χ3n) is 4.62. The summed E-state index contributed by atoms with van der Waals surface area (Å²) >= 11 is 0. The van der Waals surface area contributed by atoms with Gasteiger partial charge < -0.3 is 5.11 Å². The van der Waals surface area contributed by atoms with E-state index in [0.29, 0.717) is 0 Å². The van der Waals surface area contributed by atoms with E-state index in [1.165, 1.54) is 47.2 Å². The molecular weight excluding hydrogens is 551 g/mol. The Morgan fingerprint density at radius 2 is 1.67 bits per heavy atom. The Hall–Kier alpha value is -2.81. The fraction of sp³-hybridized carbons (Fsp3) is 0.154. The number of fused-ring (bicyclic) bond motifs is 2. The zero-order chi connectivity index (χ0) is 21.0. The number of pyridine rings is 1. The van der Waals surface area contributed by atoms with Crippen molar-refractivity contribution < 1.29 is 30.0 Å². The molecule has 0 amide bonds. The van der Waals surface area contributed by atoms with Crippen molar-refractivity contribution in [2.75, 3.05) is 0 Å². The molecule has 0 bridgehead atoms. The molecule has 3 aromatic carbocycles. The molecule has 30 heavy (non-hydrogen) atoms. The van der Waals surface area contributed by atoms with Crippen LogP contribution in [0.15, 0.2) is 72.5 Å². The molecule has 0 saturated heterocycles. The van der Waals surface area contributed by atoms with Gasteiger partial charge in [-0.3, -0.25) is 9.78 Å². The number of aliphatic hydroxyl groups excluding tert-OH is 1. The number of aliphatic hydroxyl groups is 1. The number of carbonyl (C=O) groups excluding carboxylic acids is 1. The average molecular weight is 575 g/mol. The van der Waals surface area contributed by atoms with Crippen LogP contribution in [0.3, 0.4) is 0 Å². The topological polar surface area (TPSA) is 50.2 Å². The zero-order valence-electron chi connectivity index (χ0n) is 17.5. The van der Waals surface area contributed by atoms with Crippen LogP contribution in [0.4, 0.5) is 0 Å². The second-order valence-corrected chi connectivity index (χ2v) is 7.17. The molecule has 0 saturated carbocycles. The molecule has 3 nitrogen and oxygen atoms in total. The number of para-hydroxylation sites is 1. The number of aryl methyl sites for hydroxylation is 2. The Bertz CT molecular complexity index is 1220. The number of rotatable bonds is 2. The van der Waals surface area contributed by atoms with Gasteiger partial charge in [0.25, 0.3) is 0 Å². The van der Waals surface area contributed by atoms with E-state index in [1.54, 1.807) is 0 Å². The molecule has 0 aliphatic heterocycles. The van der Waals surface area contributed by atoms with Gasteiger partial charge in [0.1, 0.15) is 0 Å². The largest absolute Gasteiger partial charge is 0.512 e. The number of nitrogens with zero attached hydrogens (tertiary/aromatic N) is 1. The van der Waals surface area contributed by atoms with Crippen molar-refractivity contribution in [2.24, 2.45) is 0 Å². The van der Waals surface area contributed by atoms with Crippen molar-refractivity contribution in [2.45, 2.75) is 27.7 Å². The van der Waals surface area contributed by atoms with E-state index in [2.05, 4.69) is 74.5 Å². The molecule has 0 spiro atoms. The maximum Gasteiger partial charge on any atom is 0.155 e. The Morgan fingerprint density at radius 1 is 0.967 bits per heavy atom. The minimum atomic E-state index is -0.125. The van der Waals surface area contributed by atoms with E-state index in [0.717, 1.165) is 16.8 Å². The molecule has 4 aromatic rings. The van der Waals surface area contributed by atoms with Crippen molar-refractivity contribution >= 4 is 27.5 Å². The summed E-state index contributed by atoms with van der Waals surface area (Å²) in [4.78, 5) is 14.9. The Labute approximate surface area is 190 Å². The average Bonchev–Trinajstić information content (AvgIpc) is 2.68. The summed E-state index contributed by atoms with van der Waals surface area (Å²) < 4.78 is 0. The summed E-state index contributed by atoms with van der Waals surface area (Å²) in [5, 5.41) is 12.0. The first kappa shape index (κ1) is 23.5. The maximum atomic E-state index is 10.0. The van der Waals surface area contributed by atoms with E-state index < -0.39 is 0 Å². The van der Waals surface area contributed by atoms with Gasteiger partial charge in [-0.1, -0.05) is 53.9 Å². The fourth-order valence-corrected chi connectivity index (χ4v) is 3.27. The standard InChI is InChI=1S/C21H16N.C5H8O2.Ir/c1-14-6-5-9-19-15(2)12-20(22-21(14)19)18-11-10-16-7-3-4-8-17(16)13-18;1-4(6)3-5(2)7;/h3-10,12-13H,1-2H3;3,6H,1-2H3;/q-1;;/b;4-3-;. The molecule has 4 rings (SSSR count). The number of ketones is 1. The third-order valence-corrected chi connectivity index (χ3v) is 4.62. The van der Waals surface area contributed by atoms with Crippen LogP contribution in [-0.4, -0.2) is 15.9 Å². The SMILES string of the molecule is CC(=O)/C=C(/C)O.Cc1cc(-c2[c-]cc3ccccc3c2)nc2c(C)cccc12.[Ir]. The molecule has 4 heteroatoms. The van der Waals surface area contributed by atoms with E-state index >= 15 is 0 Å². The smallest absolute Gasteiger partial charge is 0.155 e. The van der Waals surface area contributed by atoms with E-state index in [-0.39, 0.29) is 31.6 Å². The Morgan fingerprint density at radius 3 is 2.30 bits per heavy atom. The minimum Gasteiger partial charge on any atom is -0.512 e. The van der Waals surface area contributed by atoms with Crippen LogP contribution in [0.25, 0.3) is 32.9 Å². The summed E-state index contributed by atoms with van der Waals surface area (Å²) in [5.74, 6) is -0.0625. The van der Waals surface area contributed by atoms with E-state index in [4.69, 9.17) is 10.1 Å². The first-order valence-corrected chi connectivity index (χ1v) is 9.51. The van der Waals surface area contributed by atoms with Crippen LogP contribution in [0, 0.1) is 19.9 Å². The van der Waals surface area contributed by atoms with Crippen LogP contribution in [-0.2, 0) is 24.9 Å². The van der Waals surface area contributed by atoms with Crippen molar-refractivity contribution in [1.29, 1.82) is 0 Å². The molecule has 1 aromatic heterocycles. The normalized spacial score (nSPS) is 10.9. The first-order valence-electron chi connectivity index (χ1n) is 9.51. The number of allylic oxidation sites excluding steroid dienone is 2. The first-order chi connectivity index (χ1) is 13.8. The van der Waals surface area contributed by atoms with E-state index in [1.807, 2.05) is 6.07 Å². The van der Waals surface area contributed by atoms with Crippen molar-refractivity contribution in [3.05, 3.63) is 89.7 Å². The molecule has 0 unspecified atom stereocenters. The Balaban J connectivity index is 0.000000350. The maximum absolute atomic E-state index is 10.0. The number of aromatic nitrogens is 1. The molecule has 1 N–H and O–H groups in total. The van der Waals surface area contributed by atoms with E-state index in [9.17, 15) is 4.79 Å². The van der Waals surface area contributed by atoms with Crippen molar-refractivity contribution in [3.63, 3.8) is 0 Å². The van der Waals surface area contributed by atoms with Crippen LogP contribution in [0.5, 0.6) is 0 Å². The quantitative estimate of drug-likeness (QED) is 0.169. The number of hydrogen-bond acceptors (Lipinski definition) is 3. The second kappa shape index (κ2) is 10.3. The molecule has 1 radical (unpaired) electrons. The number of hydrogen-bond donors (Lipinski definition) is 1. The van der Waals surface area contributed by atoms with Gasteiger partial charge >= 0.3 is 0 Å². The zero-order valence-corrected chi connectivity index (χ0v) is 19.9. The van der Waals surface area contributed by atoms with Gasteiger partial charge in [-0.15, -0.1) is 29.1 Å². The van der Waals surface area contributed by atoms with Crippen molar-refractivity contribution in [1.82, 2.24) is 4.98 Å². The molecule has 155 valence electrons. The van der Waals surface area contributed by atoms with Crippen LogP contribution in [0.2, 0.25) is 0 Å². The molecule has 0 fully saturated rings. The third kappa shape index (κ3) is 5.62.